The summed E-state index contributed by atoms with van der Waals surface area (Å²) in [6, 6.07) is 135. The molecule has 0 atom stereocenters. The van der Waals surface area contributed by atoms with Crippen LogP contribution in [-0.2, 0) is 84.3 Å². The average Bonchev–Trinajstić information content (AvgIpc) is 1.58. The maximum absolute atomic E-state index is 5.01. The molecule has 21 heteroatoms. The van der Waals surface area contributed by atoms with Crippen molar-refractivity contribution in [2.24, 2.45) is 21.1 Å². The predicted molar refractivity (Wildman–Crippen MR) is 564 cm³/mol. The minimum absolute atomic E-state index is 0. The second kappa shape index (κ2) is 39.5. The van der Waals surface area contributed by atoms with Crippen molar-refractivity contribution in [1.82, 2.24) is 87.2 Å². The first-order valence-corrected chi connectivity index (χ1v) is 46.3. The van der Waals surface area contributed by atoms with Gasteiger partial charge in [0.1, 0.15) is 0 Å². The standard InChI is InChI=1S/3C41H26N6.3Pt/c1-46-38-9-5-3-7-36(38)45-41(46)30-11-14-34-33-6-2-4-8-37(33)47(40(34)25-30)39-24-29(10-13-32(39)28-18-22-43-23-19-28)35-15-12-31(26-44-35)27-16-20-42-21-17-27;1-46-39-8-3-2-7-37(39)45-41(46)31-9-12-34-35-24-29(27-15-19-42-20-16-27)11-14-38(35)47(40(34)25-31)33-6-4-5-30(23-33)36-13-10-32(26-44-36)28-17-21-43-22-18-28;1-46-38-8-3-2-7-36(38)45-41(46)31-10-13-33-34-24-29(27-15-20-42-21-16-27)11-14-37(34)47(40(33)26-31)39-25-30(35-6-4-5-19-44-35)9-12-32(39)28-17-22-43-23-18-28;;;/h2-23,26H,1H3;2-22,24,26H,1H3;2-24H,1H3;;;/q3*-2;3*+2. The van der Waals surface area contributed by atoms with Crippen LogP contribution in [0.3, 0.4) is 0 Å². The van der Waals surface area contributed by atoms with Gasteiger partial charge >= 0.3 is 63.2 Å². The zero-order chi connectivity index (χ0) is 94.0. The molecule has 0 aliphatic rings. The van der Waals surface area contributed by atoms with Crippen LogP contribution in [0.15, 0.2) is 421 Å². The molecule has 18 nitrogen and oxygen atoms in total. The summed E-state index contributed by atoms with van der Waals surface area (Å²) < 4.78 is 13.2. The summed E-state index contributed by atoms with van der Waals surface area (Å²) in [5, 5.41) is 6.73. The van der Waals surface area contributed by atoms with Crippen molar-refractivity contribution in [3.63, 3.8) is 0 Å². The van der Waals surface area contributed by atoms with Crippen molar-refractivity contribution in [3.05, 3.63) is 457 Å². The first-order valence-electron chi connectivity index (χ1n) is 46.3. The van der Waals surface area contributed by atoms with Gasteiger partial charge in [0.05, 0.1) is 50.6 Å². The van der Waals surface area contributed by atoms with E-state index in [2.05, 4.69) is 296 Å². The van der Waals surface area contributed by atoms with Crippen LogP contribution in [0, 0.1) is 36.4 Å². The molecule has 0 radical (unpaired) electrons. The molecule has 0 spiro atoms. The van der Waals surface area contributed by atoms with Crippen molar-refractivity contribution in [2.45, 2.75) is 0 Å². The van der Waals surface area contributed by atoms with Crippen LogP contribution in [0.25, 0.3) is 250 Å². The van der Waals surface area contributed by atoms with Gasteiger partial charge < -0.3 is 42.4 Å². The van der Waals surface area contributed by atoms with Crippen molar-refractivity contribution in [3.8, 4) is 152 Å². The van der Waals surface area contributed by atoms with Crippen molar-refractivity contribution < 1.29 is 63.2 Å². The van der Waals surface area contributed by atoms with Crippen LogP contribution in [0.5, 0.6) is 0 Å². The normalized spacial score (nSPS) is 11.3. The summed E-state index contributed by atoms with van der Waals surface area (Å²) >= 11 is 0. The van der Waals surface area contributed by atoms with Crippen LogP contribution in [0.4, 0.5) is 0 Å². The Balaban J connectivity index is 0.000000122. The molecule has 0 unspecified atom stereocenters. The van der Waals surface area contributed by atoms with E-state index < -0.39 is 0 Å². The van der Waals surface area contributed by atoms with Gasteiger partial charge in [-0.05, 0) is 245 Å². The number of hydrogen-bond acceptors (Lipinski definition) is 12. The number of imidazole rings is 3. The van der Waals surface area contributed by atoms with Gasteiger partial charge in [0.2, 0.25) is 0 Å². The molecule has 27 rings (SSSR count). The zero-order valence-corrected chi connectivity index (χ0v) is 84.2. The average molecular weight is 2390 g/mol. The maximum atomic E-state index is 5.01. The van der Waals surface area contributed by atoms with Crippen LogP contribution in [-0.4, -0.2) is 87.2 Å². The topological polar surface area (TPSA) is 184 Å². The summed E-state index contributed by atoms with van der Waals surface area (Å²) in [6.45, 7) is 0. The van der Waals surface area contributed by atoms with E-state index in [4.69, 9.17) is 24.9 Å². The van der Waals surface area contributed by atoms with Crippen LogP contribution < -0.4 is 0 Å². The van der Waals surface area contributed by atoms with Crippen LogP contribution in [0.1, 0.15) is 0 Å². The Morgan fingerprint density at radius 3 is 0.938 bits per heavy atom. The van der Waals surface area contributed by atoms with E-state index in [1.54, 1.807) is 24.8 Å². The van der Waals surface area contributed by atoms with Gasteiger partial charge in [-0.25, -0.2) is 0 Å². The zero-order valence-electron chi connectivity index (χ0n) is 77.3. The smallest absolute Gasteiger partial charge is 0.367 e. The van der Waals surface area contributed by atoms with Gasteiger partial charge in [-0.3, -0.25) is 44.9 Å². The largest absolute Gasteiger partial charge is 2.00 e. The molecule has 0 aliphatic carbocycles. The number of benzene rings is 12. The number of rotatable bonds is 15. The minimum Gasteiger partial charge on any atom is -0.367 e. The summed E-state index contributed by atoms with van der Waals surface area (Å²) in [7, 11) is 6.18. The number of nitrogens with zero attached hydrogens (tertiary/aromatic N) is 18. The molecular formula is C123H78N18Pt3. The SMILES string of the molecule is Cn1c(-c2[c-]c3c(cc2)c2cc(-c4ccncc4)ccc2n3-c2[c-]c(-c3ccc(-c4ccncc4)cn3)ccc2)nc2ccccc21.Cn1c(-c2[c-]c3c(cc2)c2cc(-c4ccncc4)ccc2n3-c2[c-]c(-c3ccccn3)ccc2-c2ccncc2)nc2ccccc21.Cn1c(-c2[c-]c3c(cc2)c2ccccc2n3-c2[c-]c(-c3ccc(-c4ccncc4)cn3)ccc2-c2ccncc2)nc2ccccc21.[Pt+2].[Pt+2].[Pt+2]. The summed E-state index contributed by atoms with van der Waals surface area (Å²) in [6.07, 6.45) is 27.5. The Kier molecular flexibility index (Phi) is 25.2. The van der Waals surface area contributed by atoms with E-state index >= 15 is 0 Å². The maximum Gasteiger partial charge on any atom is 2.00 e. The molecule has 27 aromatic rings. The predicted octanol–water partition coefficient (Wildman–Crippen LogP) is 27.4. The monoisotopic (exact) mass is 2390 g/mol. The molecule has 144 heavy (non-hydrogen) atoms. The van der Waals surface area contributed by atoms with E-state index in [1.165, 1.54) is 0 Å². The van der Waals surface area contributed by atoms with Gasteiger partial charge in [0.25, 0.3) is 0 Å². The molecule has 0 saturated carbocycles. The molecule has 15 aromatic heterocycles. The molecule has 0 N–H and O–H groups in total. The van der Waals surface area contributed by atoms with Gasteiger partial charge in [0, 0.05) is 131 Å². The number of fused-ring (bicyclic) bond motifs is 12. The fourth-order valence-corrected chi connectivity index (χ4v) is 19.4. The molecule has 15 heterocycles. The van der Waals surface area contributed by atoms with E-state index in [9.17, 15) is 0 Å². The van der Waals surface area contributed by atoms with E-state index in [-0.39, 0.29) is 63.2 Å². The first kappa shape index (κ1) is 91.9. The number of aromatic nitrogens is 18. The molecule has 12 aromatic carbocycles. The second-order valence-corrected chi connectivity index (χ2v) is 34.6. The van der Waals surface area contributed by atoms with Gasteiger partial charge in [-0.1, -0.05) is 154 Å². The van der Waals surface area contributed by atoms with Crippen LogP contribution >= 0.6 is 0 Å². The first-order chi connectivity index (χ1) is 69.7. The van der Waals surface area contributed by atoms with Crippen molar-refractivity contribution in [2.75, 3.05) is 0 Å². The molecule has 0 amide bonds. The Bertz CT molecular complexity index is 9450. The number of para-hydroxylation sites is 7. The molecule has 0 fully saturated rings. The van der Waals surface area contributed by atoms with Crippen LogP contribution in [0.2, 0.25) is 0 Å². The second-order valence-electron chi connectivity index (χ2n) is 34.6. The minimum atomic E-state index is 0. The molecular weight excluding hydrogens is 2310 g/mol. The van der Waals surface area contributed by atoms with E-state index in [1.807, 2.05) is 220 Å². The molecule has 0 aliphatic heterocycles. The molecule has 0 bridgehead atoms. The van der Waals surface area contributed by atoms with Crippen molar-refractivity contribution >= 4 is 98.5 Å². The van der Waals surface area contributed by atoms with Gasteiger partial charge in [-0.15, -0.1) is 149 Å². The molecule has 690 valence electrons. The molecule has 0 saturated heterocycles. The quantitative estimate of drug-likeness (QED) is 0.0886. The van der Waals surface area contributed by atoms with Gasteiger partial charge in [-0.2, -0.15) is 0 Å². The summed E-state index contributed by atoms with van der Waals surface area (Å²) in [4.78, 5) is 54.6. The third kappa shape index (κ3) is 17.0. The Morgan fingerprint density at radius 2 is 0.542 bits per heavy atom. The fraction of sp³-hybridized carbons (Fsp3) is 0.0244. The van der Waals surface area contributed by atoms with Gasteiger partial charge in [0.15, 0.2) is 0 Å². The third-order valence-corrected chi connectivity index (χ3v) is 26.4. The fourth-order valence-electron chi connectivity index (χ4n) is 19.4. The summed E-state index contributed by atoms with van der Waals surface area (Å²) in [5.74, 6) is 2.61. The number of aryl methyl sites for hydroxylation is 3. The Labute approximate surface area is 871 Å². The Hall–Kier alpha value is -17.1. The summed E-state index contributed by atoms with van der Waals surface area (Å²) in [5.41, 5.74) is 35.9. The number of hydrogen-bond donors (Lipinski definition) is 0. The number of pyridine rings is 9. The Morgan fingerprint density at radius 1 is 0.208 bits per heavy atom. The van der Waals surface area contributed by atoms with E-state index in [0.29, 0.717) is 0 Å². The third-order valence-electron chi connectivity index (χ3n) is 26.4. The van der Waals surface area contributed by atoms with E-state index in [0.717, 1.165) is 250 Å². The van der Waals surface area contributed by atoms with Crippen molar-refractivity contribution in [1.29, 1.82) is 0 Å².